The van der Waals surface area contributed by atoms with E-state index < -0.39 is 0 Å². The fourth-order valence-corrected chi connectivity index (χ4v) is 20.4. The minimum absolute atomic E-state index is 0.808. The van der Waals surface area contributed by atoms with Crippen LogP contribution in [0.25, 0.3) is 192 Å². The molecule has 9 aromatic heterocycles. The number of hydrogen-bond donors (Lipinski definition) is 0. The minimum atomic E-state index is 0.808. The van der Waals surface area contributed by atoms with Gasteiger partial charge in [-0.15, -0.1) is 34.0 Å². The van der Waals surface area contributed by atoms with E-state index in [-0.39, 0.29) is 0 Å². The first kappa shape index (κ1) is 85.0. The number of hydrogen-bond acceptors (Lipinski definition) is 12. The molecule has 0 amide bonds. The average Bonchev–Trinajstić information content (AvgIpc) is 1.68. The monoisotopic (exact) mass is 1750 g/mol. The zero-order valence-corrected chi connectivity index (χ0v) is 76.6. The second-order valence-electron chi connectivity index (χ2n) is 32.8. The first-order valence-electron chi connectivity index (χ1n) is 43.9. The van der Waals surface area contributed by atoms with Crippen LogP contribution in [0.5, 0.6) is 0 Å². The van der Waals surface area contributed by atoms with Gasteiger partial charge in [0.25, 0.3) is 0 Å². The molecule has 9 heterocycles. The maximum absolute atomic E-state index is 5.78. The molecule has 0 radical (unpaired) electrons. The predicted molar refractivity (Wildman–Crippen MR) is 561 cm³/mol. The number of furan rings is 3. The van der Waals surface area contributed by atoms with E-state index in [4.69, 9.17) is 18.2 Å². The Morgan fingerprint density at radius 3 is 1.30 bits per heavy atom. The van der Waals surface area contributed by atoms with Crippen LogP contribution in [-0.2, 0) is 0 Å². The molecule has 18 aromatic carbocycles. The Labute approximate surface area is 770 Å². The van der Waals surface area contributed by atoms with E-state index >= 15 is 0 Å². The molecule has 0 N–H and O–H groups in total. The highest BCUT2D eigenvalue weighted by Crippen LogP contribution is 2.40. The summed E-state index contributed by atoms with van der Waals surface area (Å²) in [5.41, 5.74) is 22.6. The van der Waals surface area contributed by atoms with Crippen LogP contribution in [0.1, 0.15) is 50.6 Å². The van der Waals surface area contributed by atoms with Crippen LogP contribution in [0.2, 0.25) is 0 Å². The molecule has 0 spiro atoms. The predicted octanol–water partition coefficient (Wildman–Crippen LogP) is 34.6. The van der Waals surface area contributed by atoms with Gasteiger partial charge in [0, 0.05) is 127 Å². The Morgan fingerprint density at radius 1 is 0.214 bits per heavy atom. The van der Waals surface area contributed by atoms with Crippen LogP contribution in [-0.4, -0.2) is 29.9 Å². The third-order valence-electron chi connectivity index (χ3n) is 23.2. The molecule has 0 bridgehead atoms. The molecule has 0 unspecified atom stereocenters. The Kier molecular flexibility index (Phi) is 24.8. The lowest BCUT2D eigenvalue weighted by Crippen LogP contribution is -1.93. The molecule has 0 fully saturated rings. The van der Waals surface area contributed by atoms with Gasteiger partial charge in [-0.3, -0.25) is 9.97 Å². The van der Waals surface area contributed by atoms with E-state index in [9.17, 15) is 0 Å². The Morgan fingerprint density at radius 2 is 0.626 bits per heavy atom. The van der Waals surface area contributed by atoms with Crippen molar-refractivity contribution in [2.75, 3.05) is 0 Å². The third-order valence-corrected chi connectivity index (χ3v) is 26.8. The molecule has 12 heteroatoms. The summed E-state index contributed by atoms with van der Waals surface area (Å²) in [5, 5.41) is 21.5. The number of para-hydroxylation sites is 7. The Balaban J connectivity index is 0.0000000956. The van der Waals surface area contributed by atoms with Crippen LogP contribution in [0.3, 0.4) is 0 Å². The standard InChI is InChI=1S/C17H12N2.C15H12N2.3C13H10O.3C13H10S.C9H8N2/c1-11-10-18-16-14-8-4-2-6-12(14)13-7-3-5-9-15(13)17(16)19-11;1-11-16-14-10-6-5-9-13(14)15(17-11)12-7-3-2-4-8-12;1-9-5-4-7-11-10-6-2-3-8-12(10)14-13(9)11;1-9-6-7-13-11(8-9)10-4-2-3-5-12(10)14-13;1-9-6-7-11-10-4-2-3-5-12(10)14-13(11)8-9;1-9-5-4-7-11-10-6-2-3-8-12(10)14-13(9)11;1-9-6-7-13-11(8-9)10-4-2-3-5-12(10)14-13;1-9-6-7-11-10-4-2-3-5-12(10)14-13(11)8-9;1-7-6-10-8-4-2-3-5-9(8)11-7/h2-10H,1H3;2-10H,1H3;6*2-8H,1H3;2-6H,1H3. The van der Waals surface area contributed by atoms with E-state index in [1.165, 1.54) is 148 Å². The van der Waals surface area contributed by atoms with Gasteiger partial charge >= 0.3 is 0 Å². The molecule has 131 heavy (non-hydrogen) atoms. The summed E-state index contributed by atoms with van der Waals surface area (Å²) in [6, 6.07) is 132. The molecule has 0 saturated heterocycles. The number of benzene rings is 18. The molecule has 634 valence electrons. The van der Waals surface area contributed by atoms with E-state index in [2.05, 4.69) is 327 Å². The van der Waals surface area contributed by atoms with Gasteiger partial charge in [-0.25, -0.2) is 19.9 Å². The molecule has 0 atom stereocenters. The minimum Gasteiger partial charge on any atom is -0.456 e. The molecule has 0 aliphatic carbocycles. The van der Waals surface area contributed by atoms with Crippen molar-refractivity contribution >= 4 is 215 Å². The van der Waals surface area contributed by atoms with Gasteiger partial charge in [-0.05, 0) is 186 Å². The topological polar surface area (TPSA) is 117 Å². The van der Waals surface area contributed by atoms with Crippen molar-refractivity contribution < 1.29 is 13.3 Å². The van der Waals surface area contributed by atoms with Gasteiger partial charge in [0.1, 0.15) is 39.3 Å². The van der Waals surface area contributed by atoms with Gasteiger partial charge in [0.15, 0.2) is 0 Å². The number of nitrogens with zero attached hydrogens (tertiary/aromatic N) is 6. The highest BCUT2D eigenvalue weighted by atomic mass is 32.1. The second kappa shape index (κ2) is 38.2. The lowest BCUT2D eigenvalue weighted by Gasteiger charge is -2.08. The molecule has 27 aromatic rings. The molecular weight excluding hydrogens is 1660 g/mol. The molecule has 27 rings (SSSR count). The number of aromatic nitrogens is 6. The van der Waals surface area contributed by atoms with Crippen LogP contribution in [0.15, 0.2) is 408 Å². The van der Waals surface area contributed by atoms with Gasteiger partial charge in [-0.2, -0.15) is 0 Å². The van der Waals surface area contributed by atoms with Gasteiger partial charge < -0.3 is 13.3 Å². The highest BCUT2D eigenvalue weighted by Gasteiger charge is 2.15. The van der Waals surface area contributed by atoms with Crippen molar-refractivity contribution in [3.8, 4) is 11.3 Å². The summed E-state index contributed by atoms with van der Waals surface area (Å²) >= 11 is 5.63. The lowest BCUT2D eigenvalue weighted by molar-refractivity contribution is 0.665. The normalized spacial score (nSPS) is 11.1. The first-order valence-corrected chi connectivity index (χ1v) is 46.4. The maximum Gasteiger partial charge on any atom is 0.138 e. The van der Waals surface area contributed by atoms with E-state index in [1.54, 1.807) is 6.20 Å². The van der Waals surface area contributed by atoms with Crippen molar-refractivity contribution in [3.63, 3.8) is 0 Å². The van der Waals surface area contributed by atoms with E-state index in [0.29, 0.717) is 0 Å². The molecular formula is C119H92N6O3S3. The fourth-order valence-electron chi connectivity index (χ4n) is 16.9. The van der Waals surface area contributed by atoms with Crippen molar-refractivity contribution in [1.29, 1.82) is 0 Å². The molecule has 0 aliphatic heterocycles. The lowest BCUT2D eigenvalue weighted by atomic mass is 9.99. The highest BCUT2D eigenvalue weighted by molar-refractivity contribution is 7.26. The van der Waals surface area contributed by atoms with Crippen molar-refractivity contribution in [3.05, 3.63) is 445 Å². The zero-order chi connectivity index (χ0) is 89.4. The van der Waals surface area contributed by atoms with Crippen LogP contribution in [0, 0.1) is 62.3 Å². The van der Waals surface area contributed by atoms with Crippen LogP contribution in [0.4, 0.5) is 0 Å². The smallest absolute Gasteiger partial charge is 0.138 e. The van der Waals surface area contributed by atoms with Crippen molar-refractivity contribution in [1.82, 2.24) is 29.9 Å². The Hall–Kier alpha value is -15.4. The van der Waals surface area contributed by atoms with E-state index in [0.717, 1.165) is 94.9 Å². The van der Waals surface area contributed by atoms with Gasteiger partial charge in [0.05, 0.1) is 44.7 Å². The zero-order valence-electron chi connectivity index (χ0n) is 74.2. The summed E-state index contributed by atoms with van der Waals surface area (Å²) in [4.78, 5) is 26.8. The van der Waals surface area contributed by atoms with Gasteiger partial charge in [0.2, 0.25) is 0 Å². The van der Waals surface area contributed by atoms with Crippen LogP contribution >= 0.6 is 34.0 Å². The number of fused-ring (bicyclic) bond motifs is 26. The summed E-state index contributed by atoms with van der Waals surface area (Å²) in [5.74, 6) is 0.808. The summed E-state index contributed by atoms with van der Waals surface area (Å²) in [7, 11) is 0. The molecule has 9 nitrogen and oxygen atoms in total. The second-order valence-corrected chi connectivity index (χ2v) is 36.0. The summed E-state index contributed by atoms with van der Waals surface area (Å²) in [6.07, 6.45) is 3.62. The Bertz CT molecular complexity index is 8440. The maximum atomic E-state index is 5.78. The number of aryl methyl sites for hydroxylation is 9. The van der Waals surface area contributed by atoms with E-state index in [1.807, 2.05) is 182 Å². The number of rotatable bonds is 1. The average molecular weight is 1750 g/mol. The largest absolute Gasteiger partial charge is 0.456 e. The third kappa shape index (κ3) is 18.4. The first-order chi connectivity index (χ1) is 64.1. The van der Waals surface area contributed by atoms with Crippen molar-refractivity contribution in [2.24, 2.45) is 0 Å². The quantitative estimate of drug-likeness (QED) is 0.148. The van der Waals surface area contributed by atoms with Crippen LogP contribution < -0.4 is 0 Å². The fraction of sp³-hybridized carbons (Fsp3) is 0.0756. The molecule has 0 saturated carbocycles. The van der Waals surface area contributed by atoms with Gasteiger partial charge in [-0.1, -0.05) is 302 Å². The summed E-state index contributed by atoms with van der Waals surface area (Å²) < 4.78 is 25.6. The summed E-state index contributed by atoms with van der Waals surface area (Å²) in [6.45, 7) is 18.6. The number of thiophene rings is 3. The SMILES string of the molecule is Cc1ccc2c(c1)oc1ccccc12.Cc1ccc2c(c1)sc1ccccc12.Cc1ccc2oc3ccccc3c2c1.Cc1ccc2sc3ccccc3c2c1.Cc1cccc2c1oc1ccccc12.Cc1cccc2c1sc1ccccc12.Cc1cnc2c3ccccc3c3ccccc3c2n1.Cc1cnc2ccccc2n1.Cc1nc(-c2ccccc2)c2ccccc2n1. The molecule has 0 aliphatic rings. The van der Waals surface area contributed by atoms with Crippen molar-refractivity contribution in [2.45, 2.75) is 62.3 Å².